The number of nitrogens with one attached hydrogen (secondary N) is 3. The van der Waals surface area contributed by atoms with Gasteiger partial charge in [0.15, 0.2) is 5.82 Å². The predicted octanol–water partition coefficient (Wildman–Crippen LogP) is 4.81. The second-order valence-electron chi connectivity index (χ2n) is 20.6. The summed E-state index contributed by atoms with van der Waals surface area (Å²) < 4.78 is 50.3. The molecule has 6 aliphatic heterocycles. The van der Waals surface area contributed by atoms with E-state index in [1.54, 1.807) is 7.05 Å². The van der Waals surface area contributed by atoms with Gasteiger partial charge in [-0.25, -0.2) is 13.6 Å². The number of aromatic nitrogens is 3. The number of carbonyl (C=O) groups excluding carboxylic acids is 6. The molecule has 5 atom stereocenters. The number of ether oxygens (including phenoxy) is 3. The summed E-state index contributed by atoms with van der Waals surface area (Å²) in [7, 11) is 1.58. The van der Waals surface area contributed by atoms with E-state index >= 15 is 8.78 Å². The van der Waals surface area contributed by atoms with Crippen molar-refractivity contribution < 1.29 is 56.9 Å². The number of aromatic hydroxyl groups is 1. The van der Waals surface area contributed by atoms with Crippen molar-refractivity contribution in [2.45, 2.75) is 81.1 Å². The maximum absolute atomic E-state index is 17.2. The molecule has 5 saturated heterocycles. The molecule has 2 aromatic heterocycles. The van der Waals surface area contributed by atoms with Gasteiger partial charge >= 0.3 is 12.1 Å². The van der Waals surface area contributed by atoms with Gasteiger partial charge in [0.25, 0.3) is 11.8 Å². The number of terminal acetylenes is 1. The molecule has 22 heteroatoms. The van der Waals surface area contributed by atoms with Crippen molar-refractivity contribution in [1.29, 1.82) is 0 Å². The number of pyridine rings is 1. The average Bonchev–Trinajstić information content (AvgIpc) is 4.19. The summed E-state index contributed by atoms with van der Waals surface area (Å²) in [5.74, 6) is -1.79. The van der Waals surface area contributed by atoms with Gasteiger partial charge < -0.3 is 39.8 Å². The van der Waals surface area contributed by atoms with Crippen LogP contribution in [-0.2, 0) is 23.9 Å². The molecule has 0 aliphatic carbocycles. The first-order chi connectivity index (χ1) is 37.1. The van der Waals surface area contributed by atoms with Crippen molar-refractivity contribution in [3.05, 3.63) is 89.1 Å². The number of anilines is 2. The van der Waals surface area contributed by atoms with Crippen LogP contribution in [0.5, 0.6) is 11.8 Å². The second kappa shape index (κ2) is 20.4. The van der Waals surface area contributed by atoms with Crippen LogP contribution in [0.4, 0.5) is 25.1 Å². The van der Waals surface area contributed by atoms with Crippen LogP contribution >= 0.6 is 0 Å². The molecule has 4 N–H and O–H groups in total. The molecule has 6 aliphatic rings. The highest BCUT2D eigenvalue weighted by molar-refractivity contribution is 6.24. The van der Waals surface area contributed by atoms with Gasteiger partial charge in [-0.2, -0.15) is 9.97 Å². The summed E-state index contributed by atoms with van der Waals surface area (Å²) in [6.07, 6.45) is 10.6. The quantitative estimate of drug-likeness (QED) is 0.0477. The van der Waals surface area contributed by atoms with E-state index in [1.165, 1.54) is 53.6 Å². The summed E-state index contributed by atoms with van der Waals surface area (Å²) in [6, 6.07) is 8.77. The van der Waals surface area contributed by atoms with Crippen LogP contribution in [0.2, 0.25) is 0 Å². The molecule has 5 aromatic rings. The number of phenols is 1. The molecular formula is C55H54F2N10O10. The van der Waals surface area contributed by atoms with E-state index in [4.69, 9.17) is 25.6 Å². The Morgan fingerprint density at radius 2 is 1.79 bits per heavy atom. The number of piperazine rings is 1. The molecule has 11 rings (SSSR count). The number of benzene rings is 3. The summed E-state index contributed by atoms with van der Waals surface area (Å²) in [5.41, 5.74) is 0.593. The molecule has 2 bridgehead atoms. The highest BCUT2D eigenvalue weighted by atomic mass is 19.1. The first-order valence-electron chi connectivity index (χ1n) is 25.5. The maximum atomic E-state index is 17.2. The number of hydrogen-bond acceptors (Lipinski definition) is 16. The minimum Gasteiger partial charge on any atom is -0.508 e. The Morgan fingerprint density at radius 1 is 1.00 bits per heavy atom. The molecule has 0 radical (unpaired) electrons. The van der Waals surface area contributed by atoms with Crippen LogP contribution in [0, 0.1) is 24.0 Å². The topological polar surface area (TPSA) is 238 Å². The lowest BCUT2D eigenvalue weighted by molar-refractivity contribution is -0.136. The summed E-state index contributed by atoms with van der Waals surface area (Å²) in [4.78, 5) is 96.9. The van der Waals surface area contributed by atoms with Crippen LogP contribution in [0.25, 0.3) is 32.9 Å². The molecule has 0 spiro atoms. The van der Waals surface area contributed by atoms with Crippen molar-refractivity contribution >= 4 is 68.8 Å². The normalized spacial score (nSPS) is 22.9. The number of fused-ring (bicyclic) bond motifs is 6. The summed E-state index contributed by atoms with van der Waals surface area (Å²) in [5, 5.41) is 20.2. The first kappa shape index (κ1) is 51.0. The largest absolute Gasteiger partial charge is 0.508 e. The first-order valence-corrected chi connectivity index (χ1v) is 25.5. The molecule has 20 nitrogen and oxygen atoms in total. The van der Waals surface area contributed by atoms with Crippen LogP contribution in [-0.4, -0.2) is 160 Å². The zero-order chi connectivity index (χ0) is 53.9. The van der Waals surface area contributed by atoms with Gasteiger partial charge in [-0.3, -0.25) is 44.1 Å². The Bertz CT molecular complexity index is 3380. The number of carbonyl (C=O) groups is 6. The Balaban J connectivity index is 0.703. The van der Waals surface area contributed by atoms with Gasteiger partial charge in [-0.05, 0) is 80.3 Å². The highest BCUT2D eigenvalue weighted by Gasteiger charge is 2.52. The molecule has 398 valence electrons. The number of piperidine rings is 1. The molecule has 77 heavy (non-hydrogen) atoms. The fraction of sp³-hybridized carbons (Fsp3) is 0.400. The zero-order valence-corrected chi connectivity index (χ0v) is 42.0. The van der Waals surface area contributed by atoms with E-state index in [2.05, 4.69) is 48.2 Å². The maximum Gasteiger partial charge on any atom is 0.409 e. The Labute approximate surface area is 440 Å². The fourth-order valence-corrected chi connectivity index (χ4v) is 11.8. The SMILES string of the molecule is C#Cc1c(F)ccc2cc(O)cc(-c3ncc4c(N5CC6CCC(C5)N6)nc(OC[C@@]56CC[C@@H](COC(=O)N(C)CCOCCC(=O)Nc7ccc8c(c7)C(=O)N(C7CCC(=O)NC7=O)C8=O)N5CC(=C)C6)nc4c3F)c12. The van der Waals surface area contributed by atoms with E-state index in [9.17, 15) is 33.9 Å². The summed E-state index contributed by atoms with van der Waals surface area (Å²) >= 11 is 0. The fourth-order valence-electron chi connectivity index (χ4n) is 11.8. The minimum atomic E-state index is -1.11. The van der Waals surface area contributed by atoms with Gasteiger partial charge in [0.05, 0.1) is 47.3 Å². The number of likely N-dealkylation sites (N-methyl/N-ethyl adjacent to an activating group) is 1. The molecular weight excluding hydrogens is 999 g/mol. The Morgan fingerprint density at radius 3 is 2.57 bits per heavy atom. The van der Waals surface area contributed by atoms with Gasteiger partial charge in [-0.15, -0.1) is 6.42 Å². The summed E-state index contributed by atoms with van der Waals surface area (Å²) in [6.45, 7) is 6.61. The van der Waals surface area contributed by atoms with E-state index in [-0.39, 0.29) is 127 Å². The lowest BCUT2D eigenvalue weighted by Crippen LogP contribution is -2.54. The highest BCUT2D eigenvalue weighted by Crippen LogP contribution is 2.45. The van der Waals surface area contributed by atoms with Crippen LogP contribution in [0.1, 0.15) is 77.6 Å². The number of nitrogens with zero attached hydrogens (tertiary/aromatic N) is 7. The van der Waals surface area contributed by atoms with Gasteiger partial charge in [-0.1, -0.05) is 24.1 Å². The molecule has 3 unspecified atom stereocenters. The lowest BCUT2D eigenvalue weighted by atomic mass is 9.94. The van der Waals surface area contributed by atoms with Crippen molar-refractivity contribution in [2.75, 3.05) is 69.9 Å². The van der Waals surface area contributed by atoms with Crippen molar-refractivity contribution in [3.63, 3.8) is 0 Å². The Kier molecular flexibility index (Phi) is 13.5. The molecule has 8 heterocycles. The smallest absolute Gasteiger partial charge is 0.409 e. The average molecular weight is 1050 g/mol. The minimum absolute atomic E-state index is 0.00410. The van der Waals surface area contributed by atoms with Gasteiger partial charge in [0, 0.05) is 80.6 Å². The lowest BCUT2D eigenvalue weighted by Gasteiger charge is -2.35. The van der Waals surface area contributed by atoms with E-state index < -0.39 is 58.8 Å². The third-order valence-electron chi connectivity index (χ3n) is 15.5. The molecule has 0 saturated carbocycles. The van der Waals surface area contributed by atoms with Crippen molar-refractivity contribution in [1.82, 2.24) is 40.3 Å². The number of imide groups is 2. The Hall–Kier alpha value is -8.13. The van der Waals surface area contributed by atoms with Crippen LogP contribution in [0.3, 0.4) is 0 Å². The number of phenolic OH excluding ortho intramolecular Hbond substituents is 1. The predicted molar refractivity (Wildman–Crippen MR) is 275 cm³/mol. The zero-order valence-electron chi connectivity index (χ0n) is 42.0. The van der Waals surface area contributed by atoms with E-state index in [0.717, 1.165) is 23.3 Å². The third kappa shape index (κ3) is 9.63. The monoisotopic (exact) mass is 1050 g/mol. The van der Waals surface area contributed by atoms with E-state index in [0.29, 0.717) is 55.5 Å². The molecule has 3 aromatic carbocycles. The molecule has 5 fully saturated rings. The van der Waals surface area contributed by atoms with Crippen LogP contribution in [0.15, 0.2) is 60.8 Å². The number of hydrogen-bond donors (Lipinski definition) is 4. The number of amides is 6. The third-order valence-corrected chi connectivity index (χ3v) is 15.5. The van der Waals surface area contributed by atoms with Crippen molar-refractivity contribution in [3.8, 4) is 35.4 Å². The van der Waals surface area contributed by atoms with Crippen LogP contribution < -0.4 is 25.6 Å². The number of rotatable bonds is 15. The van der Waals surface area contributed by atoms with Gasteiger partial charge in [0.1, 0.15) is 47.9 Å². The number of halogens is 2. The molecule has 6 amide bonds. The van der Waals surface area contributed by atoms with E-state index in [1.807, 2.05) is 0 Å². The van der Waals surface area contributed by atoms with Crippen molar-refractivity contribution in [2.24, 2.45) is 0 Å². The standard InChI is InChI=1S/C55H54F2N10O10/c1-4-36-41(56)10-5-30-19-35(68)21-39(45(30)36)47-46(57)48-40(23-58-47)49(65-25-32-6-7-33(26-65)59-32)63-53(62-48)77-28-55-15-13-34(66(55)24-29(2)22-55)27-76-54(74)64(3)16-18-75-17-14-44(70)60-31-8-9-37-38(20-31)52(73)67(51(37)72)42-11-12-43(69)61-50(42)71/h1,5,8-10,19-21,23,32-34,42,59,68H,2,6-7,11-18,22,24-28H2,3H3,(H,60,70)(H,61,69,71)/t32?,33?,34-,42?,55-/m0/s1. The second-order valence-corrected chi connectivity index (χ2v) is 20.6. The van der Waals surface area contributed by atoms with Gasteiger partial charge in [0.2, 0.25) is 17.7 Å².